The van der Waals surface area contributed by atoms with Crippen LogP contribution in [0, 0.1) is 31.1 Å². The van der Waals surface area contributed by atoms with Crippen LogP contribution in [-0.4, -0.2) is 5.71 Å². The van der Waals surface area contributed by atoms with Crippen molar-refractivity contribution >= 4 is 5.71 Å². The van der Waals surface area contributed by atoms with Crippen molar-refractivity contribution in [3.05, 3.63) is 59.2 Å². The second kappa shape index (κ2) is 16.1. The zero-order chi connectivity index (χ0) is 24.8. The summed E-state index contributed by atoms with van der Waals surface area (Å²) >= 11 is 0. The highest BCUT2D eigenvalue weighted by Crippen LogP contribution is 2.33. The second-order valence-corrected chi connectivity index (χ2v) is 10.4. The Kier molecular flexibility index (Phi) is 14.3. The molecule has 0 amide bonds. The summed E-state index contributed by atoms with van der Waals surface area (Å²) in [7, 11) is 0. The fourth-order valence-corrected chi connectivity index (χ4v) is 5.55. The van der Waals surface area contributed by atoms with Crippen molar-refractivity contribution in [1.29, 1.82) is 5.41 Å². The van der Waals surface area contributed by atoms with Gasteiger partial charge in [-0.15, -0.1) is 6.58 Å². The minimum atomic E-state index is 0.109. The topological polar surface area (TPSA) is 23.9 Å². The van der Waals surface area contributed by atoms with E-state index >= 15 is 0 Å². The van der Waals surface area contributed by atoms with Gasteiger partial charge in [0.2, 0.25) is 0 Å². The smallest absolute Gasteiger partial charge is 0.0460 e. The Morgan fingerprint density at radius 3 is 2.03 bits per heavy atom. The molecule has 1 nitrogen and oxygen atoms in total. The first-order valence-corrected chi connectivity index (χ1v) is 13.8. The van der Waals surface area contributed by atoms with Gasteiger partial charge in [-0.25, -0.2) is 0 Å². The maximum absolute atomic E-state index is 8.94. The zero-order valence-electron chi connectivity index (χ0n) is 22.9. The molecule has 1 aromatic carbocycles. The van der Waals surface area contributed by atoms with Crippen LogP contribution in [0.3, 0.4) is 0 Å². The van der Waals surface area contributed by atoms with Crippen molar-refractivity contribution in [2.45, 2.75) is 125 Å². The molecule has 1 N–H and O–H groups in total. The number of hydrogen-bond acceptors (Lipinski definition) is 1. The predicted octanol–water partition coefficient (Wildman–Crippen LogP) is 10.5. The Balaban J connectivity index is 2.95. The van der Waals surface area contributed by atoms with Crippen molar-refractivity contribution in [2.75, 3.05) is 0 Å². The summed E-state index contributed by atoms with van der Waals surface area (Å²) in [5.41, 5.74) is 7.03. The summed E-state index contributed by atoms with van der Waals surface area (Å²) in [6.07, 6.45) is 17.1. The van der Waals surface area contributed by atoms with Crippen LogP contribution in [-0.2, 0) is 0 Å². The number of benzene rings is 1. The lowest BCUT2D eigenvalue weighted by Gasteiger charge is -2.24. The first-order chi connectivity index (χ1) is 15.8. The van der Waals surface area contributed by atoms with E-state index in [1.807, 2.05) is 6.08 Å². The zero-order valence-corrected chi connectivity index (χ0v) is 22.9. The van der Waals surface area contributed by atoms with Gasteiger partial charge in [-0.05, 0) is 86.6 Å². The van der Waals surface area contributed by atoms with E-state index in [0.29, 0.717) is 5.92 Å². The fourth-order valence-electron chi connectivity index (χ4n) is 5.55. The number of nitrogens with one attached hydrogen (secondary N) is 1. The standard InChI is InChI=1S/C32H53N/c1-9-13-21-29(24(5)6)32(33)31-23-25(7)30(22-26(31)8)28(18-12-4)20-15-14-19-27(16-10-2)17-11-3/h9,22-23,27-29,33H,1,5,10-21H2,2-4,6-8H3. The molecule has 0 saturated carbocycles. The van der Waals surface area contributed by atoms with Gasteiger partial charge in [-0.3, -0.25) is 0 Å². The van der Waals surface area contributed by atoms with Gasteiger partial charge in [0.1, 0.15) is 0 Å². The average molecular weight is 452 g/mol. The highest BCUT2D eigenvalue weighted by Gasteiger charge is 2.21. The van der Waals surface area contributed by atoms with E-state index in [4.69, 9.17) is 5.41 Å². The van der Waals surface area contributed by atoms with Crippen LogP contribution in [0.15, 0.2) is 36.9 Å². The Morgan fingerprint density at radius 2 is 1.48 bits per heavy atom. The predicted molar refractivity (Wildman–Crippen MR) is 150 cm³/mol. The SMILES string of the molecule is C=CCCC(C(=C)C)C(=N)c1cc(C)c(C(CCC)CCCCC(CCC)CCC)cc1C. The first-order valence-electron chi connectivity index (χ1n) is 13.8. The van der Waals surface area contributed by atoms with E-state index < -0.39 is 0 Å². The van der Waals surface area contributed by atoms with E-state index in [2.05, 4.69) is 66.8 Å². The third kappa shape index (κ3) is 9.63. The van der Waals surface area contributed by atoms with Gasteiger partial charge in [0, 0.05) is 11.6 Å². The lowest BCUT2D eigenvalue weighted by molar-refractivity contribution is 0.386. The number of hydrogen-bond donors (Lipinski definition) is 1. The molecule has 1 heteroatoms. The molecule has 0 fully saturated rings. The Hall–Kier alpha value is -1.63. The van der Waals surface area contributed by atoms with Crippen molar-refractivity contribution in [3.8, 4) is 0 Å². The molecule has 1 aromatic rings. The molecule has 0 aliphatic carbocycles. The molecule has 2 atom stereocenters. The van der Waals surface area contributed by atoms with E-state index in [-0.39, 0.29) is 5.92 Å². The fraction of sp³-hybridized carbons (Fsp3) is 0.656. The lowest BCUT2D eigenvalue weighted by Crippen LogP contribution is -2.18. The number of allylic oxidation sites excluding steroid dienone is 2. The Bertz CT molecular complexity index is 735. The first kappa shape index (κ1) is 29.4. The Morgan fingerprint density at radius 1 is 0.879 bits per heavy atom. The van der Waals surface area contributed by atoms with Crippen LogP contribution in [0.5, 0.6) is 0 Å². The van der Waals surface area contributed by atoms with Crippen molar-refractivity contribution in [1.82, 2.24) is 0 Å². The van der Waals surface area contributed by atoms with Crippen LogP contribution >= 0.6 is 0 Å². The molecule has 0 aromatic heterocycles. The van der Waals surface area contributed by atoms with E-state index in [1.165, 1.54) is 80.9 Å². The molecule has 0 radical (unpaired) electrons. The van der Waals surface area contributed by atoms with Crippen LogP contribution in [0.2, 0.25) is 0 Å². The third-order valence-electron chi connectivity index (χ3n) is 7.39. The summed E-state index contributed by atoms with van der Waals surface area (Å²) in [4.78, 5) is 0. The van der Waals surface area contributed by atoms with Crippen LogP contribution in [0.25, 0.3) is 0 Å². The van der Waals surface area contributed by atoms with Crippen LogP contribution in [0.1, 0.15) is 133 Å². The third-order valence-corrected chi connectivity index (χ3v) is 7.39. The number of unbranched alkanes of at least 4 members (excludes halogenated alkanes) is 1. The lowest BCUT2D eigenvalue weighted by atomic mass is 9.81. The van der Waals surface area contributed by atoms with Gasteiger partial charge in [-0.1, -0.05) is 96.4 Å². The molecular weight excluding hydrogens is 398 g/mol. The summed E-state index contributed by atoms with van der Waals surface area (Å²) in [5.74, 6) is 1.68. The molecule has 0 bridgehead atoms. The molecule has 0 saturated heterocycles. The van der Waals surface area contributed by atoms with Crippen molar-refractivity contribution < 1.29 is 0 Å². The normalized spacial score (nSPS) is 13.2. The monoisotopic (exact) mass is 451 g/mol. The van der Waals surface area contributed by atoms with Gasteiger partial charge < -0.3 is 5.41 Å². The van der Waals surface area contributed by atoms with Gasteiger partial charge in [0.25, 0.3) is 0 Å². The van der Waals surface area contributed by atoms with Crippen LogP contribution < -0.4 is 0 Å². The summed E-state index contributed by atoms with van der Waals surface area (Å²) in [6.45, 7) is 21.5. The van der Waals surface area contributed by atoms with Crippen molar-refractivity contribution in [3.63, 3.8) is 0 Å². The molecule has 0 heterocycles. The van der Waals surface area contributed by atoms with E-state index in [9.17, 15) is 0 Å². The highest BCUT2D eigenvalue weighted by molar-refractivity contribution is 6.02. The highest BCUT2D eigenvalue weighted by atomic mass is 14.5. The molecule has 2 unspecified atom stereocenters. The minimum Gasteiger partial charge on any atom is -0.304 e. The molecule has 33 heavy (non-hydrogen) atoms. The summed E-state index contributed by atoms with van der Waals surface area (Å²) < 4.78 is 0. The summed E-state index contributed by atoms with van der Waals surface area (Å²) in [5, 5.41) is 8.94. The molecule has 1 rings (SSSR count). The minimum absolute atomic E-state index is 0.109. The van der Waals surface area contributed by atoms with Gasteiger partial charge in [0.05, 0.1) is 0 Å². The average Bonchev–Trinajstić information content (AvgIpc) is 2.77. The summed E-state index contributed by atoms with van der Waals surface area (Å²) in [6, 6.07) is 4.69. The molecule has 0 aliphatic heterocycles. The quantitative estimate of drug-likeness (QED) is 0.130. The molecule has 186 valence electrons. The number of aryl methyl sites for hydroxylation is 2. The van der Waals surface area contributed by atoms with E-state index in [0.717, 1.165) is 35.6 Å². The Labute approximate surface area is 206 Å². The second-order valence-electron chi connectivity index (χ2n) is 10.4. The van der Waals surface area contributed by atoms with Crippen LogP contribution in [0.4, 0.5) is 0 Å². The largest absolute Gasteiger partial charge is 0.304 e. The van der Waals surface area contributed by atoms with Gasteiger partial charge in [0.15, 0.2) is 0 Å². The number of rotatable bonds is 18. The maximum atomic E-state index is 8.94. The maximum Gasteiger partial charge on any atom is 0.0460 e. The van der Waals surface area contributed by atoms with Gasteiger partial charge >= 0.3 is 0 Å². The molecule has 0 spiro atoms. The van der Waals surface area contributed by atoms with E-state index in [1.54, 1.807) is 0 Å². The van der Waals surface area contributed by atoms with Gasteiger partial charge in [-0.2, -0.15) is 0 Å². The molecular formula is C32H53N. The molecule has 0 aliphatic rings. The van der Waals surface area contributed by atoms with Crippen molar-refractivity contribution in [2.24, 2.45) is 11.8 Å².